The molecule has 0 bridgehead atoms. The van der Waals surface area contributed by atoms with Crippen LogP contribution in [0.1, 0.15) is 0 Å². The second kappa shape index (κ2) is 4.99. The van der Waals surface area contributed by atoms with Gasteiger partial charge in [0.05, 0.1) is 0 Å². The second-order valence-corrected chi connectivity index (χ2v) is 2.88. The minimum Gasteiger partial charge on any atom is -0.507 e. The molecule has 0 atom stereocenters. The average Bonchev–Trinajstić information content (AvgIpc) is 2.20. The summed E-state index contributed by atoms with van der Waals surface area (Å²) in [6.07, 6.45) is 0. The molecule has 0 aliphatic rings. The molecule has 0 aliphatic heterocycles. The van der Waals surface area contributed by atoms with Crippen LogP contribution in [0.3, 0.4) is 0 Å². The van der Waals surface area contributed by atoms with Crippen molar-refractivity contribution in [2.45, 2.75) is 0 Å². The van der Waals surface area contributed by atoms with Gasteiger partial charge in [0.2, 0.25) is 0 Å². The van der Waals surface area contributed by atoms with Crippen molar-refractivity contribution in [3.8, 4) is 16.9 Å². The maximum absolute atomic E-state index is 9.56. The molecule has 0 heterocycles. The maximum atomic E-state index is 9.56. The summed E-state index contributed by atoms with van der Waals surface area (Å²) in [6, 6.07) is 17.2. The zero-order valence-corrected chi connectivity index (χ0v) is 9.20. The summed E-state index contributed by atoms with van der Waals surface area (Å²) in [6.45, 7) is 0. The van der Waals surface area contributed by atoms with Crippen LogP contribution in [0.5, 0.6) is 5.75 Å². The molecule has 0 saturated carbocycles. The number of rotatable bonds is 1. The molecule has 1 N–H and O–H groups in total. The zero-order chi connectivity index (χ0) is 9.10. The van der Waals surface area contributed by atoms with Crippen molar-refractivity contribution >= 4 is 0 Å². The zero-order valence-electron chi connectivity index (χ0n) is 7.64. The van der Waals surface area contributed by atoms with Crippen molar-refractivity contribution in [3.05, 3.63) is 54.6 Å². The van der Waals surface area contributed by atoms with Gasteiger partial charge in [-0.15, -0.1) is 0 Å². The van der Waals surface area contributed by atoms with E-state index >= 15 is 0 Å². The summed E-state index contributed by atoms with van der Waals surface area (Å²) in [5, 5.41) is 9.56. The van der Waals surface area contributed by atoms with Crippen molar-refractivity contribution in [2.75, 3.05) is 0 Å². The Hall–Kier alpha value is -1.05. The van der Waals surface area contributed by atoms with Crippen LogP contribution in [0, 0.1) is 0 Å². The number of phenolic OH excluding ortho intramolecular Hbond substituents is 1. The molecule has 14 heavy (non-hydrogen) atoms. The Bertz CT molecular complexity index is 398. The average molecular weight is 218 g/mol. The van der Waals surface area contributed by atoms with Gasteiger partial charge in [-0.2, -0.15) is 0 Å². The first kappa shape index (κ1) is 11.0. The number of benzene rings is 2. The van der Waals surface area contributed by atoms with Crippen molar-refractivity contribution < 1.29 is 26.8 Å². The van der Waals surface area contributed by atoms with Gasteiger partial charge in [0, 0.05) is 27.3 Å². The molecule has 0 aromatic heterocycles. The summed E-state index contributed by atoms with van der Waals surface area (Å²) in [5.41, 5.74) is 1.92. The molecule has 0 radical (unpaired) electrons. The minimum atomic E-state index is 0. The van der Waals surface area contributed by atoms with Gasteiger partial charge in [-0.05, 0) is 11.6 Å². The van der Waals surface area contributed by atoms with E-state index in [-0.39, 0.29) is 21.7 Å². The van der Waals surface area contributed by atoms with Gasteiger partial charge >= 0.3 is 0 Å². The molecule has 0 fully saturated rings. The first-order valence-electron chi connectivity index (χ1n) is 4.21. The third kappa shape index (κ3) is 2.25. The van der Waals surface area contributed by atoms with Gasteiger partial charge in [-0.3, -0.25) is 0 Å². The minimum absolute atomic E-state index is 0. The molecule has 0 spiro atoms. The maximum Gasteiger partial charge on any atom is 0.123 e. The van der Waals surface area contributed by atoms with Gasteiger partial charge in [0.15, 0.2) is 0 Å². The van der Waals surface area contributed by atoms with E-state index in [4.69, 9.17) is 0 Å². The van der Waals surface area contributed by atoms with E-state index in [0.717, 1.165) is 11.1 Å². The SMILES string of the molecule is Oc1ccccc1-c1ccccc1.[Ti]. The van der Waals surface area contributed by atoms with Crippen LogP contribution >= 0.6 is 0 Å². The fourth-order valence-corrected chi connectivity index (χ4v) is 1.34. The molecule has 2 aromatic carbocycles. The van der Waals surface area contributed by atoms with Crippen molar-refractivity contribution in [2.24, 2.45) is 0 Å². The van der Waals surface area contributed by atoms with Gasteiger partial charge < -0.3 is 5.11 Å². The van der Waals surface area contributed by atoms with E-state index in [1.54, 1.807) is 6.07 Å². The Kier molecular flexibility index (Phi) is 3.93. The third-order valence-electron chi connectivity index (χ3n) is 1.99. The molecule has 68 valence electrons. The summed E-state index contributed by atoms with van der Waals surface area (Å²) >= 11 is 0. The molecule has 2 aromatic rings. The van der Waals surface area contributed by atoms with Crippen LogP contribution in [-0.4, -0.2) is 5.11 Å². The summed E-state index contributed by atoms with van der Waals surface area (Å²) in [5.74, 6) is 0.328. The number of phenols is 1. The second-order valence-electron chi connectivity index (χ2n) is 2.88. The molecule has 2 heteroatoms. The quantitative estimate of drug-likeness (QED) is 0.729. The van der Waals surface area contributed by atoms with Crippen LogP contribution < -0.4 is 0 Å². The van der Waals surface area contributed by atoms with Crippen LogP contribution in [-0.2, 0) is 21.7 Å². The largest absolute Gasteiger partial charge is 0.507 e. The number of hydrogen-bond acceptors (Lipinski definition) is 1. The first-order valence-corrected chi connectivity index (χ1v) is 4.21. The summed E-state index contributed by atoms with van der Waals surface area (Å²) < 4.78 is 0. The Labute approximate surface area is 98.3 Å². The summed E-state index contributed by atoms with van der Waals surface area (Å²) in [4.78, 5) is 0. The third-order valence-corrected chi connectivity index (χ3v) is 1.99. The number of aromatic hydroxyl groups is 1. The number of hydrogen-bond donors (Lipinski definition) is 1. The van der Waals surface area contributed by atoms with Gasteiger partial charge in [-0.25, -0.2) is 0 Å². The fraction of sp³-hybridized carbons (Fsp3) is 0. The van der Waals surface area contributed by atoms with E-state index in [2.05, 4.69) is 0 Å². The molecule has 0 unspecified atom stereocenters. The monoisotopic (exact) mass is 218 g/mol. The van der Waals surface area contributed by atoms with Crippen LogP contribution in [0.15, 0.2) is 54.6 Å². The van der Waals surface area contributed by atoms with Gasteiger partial charge in [0.25, 0.3) is 0 Å². The fourth-order valence-electron chi connectivity index (χ4n) is 1.34. The van der Waals surface area contributed by atoms with Crippen LogP contribution in [0.4, 0.5) is 0 Å². The molecule has 2 rings (SSSR count). The Balaban J connectivity index is 0.000000980. The smallest absolute Gasteiger partial charge is 0.123 e. The standard InChI is InChI=1S/C12H10O.Ti/c13-12-9-5-4-8-11(12)10-6-2-1-3-7-10;/h1-9,13H;. The van der Waals surface area contributed by atoms with Crippen molar-refractivity contribution in [1.29, 1.82) is 0 Å². The summed E-state index contributed by atoms with van der Waals surface area (Å²) in [7, 11) is 0. The van der Waals surface area contributed by atoms with Gasteiger partial charge in [0.1, 0.15) is 5.75 Å². The van der Waals surface area contributed by atoms with Crippen LogP contribution in [0.25, 0.3) is 11.1 Å². The Morgan fingerprint density at radius 3 is 1.93 bits per heavy atom. The first-order chi connectivity index (χ1) is 6.38. The van der Waals surface area contributed by atoms with E-state index in [1.807, 2.05) is 48.5 Å². The predicted octanol–water partition coefficient (Wildman–Crippen LogP) is 3.06. The number of para-hydroxylation sites is 1. The van der Waals surface area contributed by atoms with Crippen molar-refractivity contribution in [1.82, 2.24) is 0 Å². The van der Waals surface area contributed by atoms with E-state index < -0.39 is 0 Å². The van der Waals surface area contributed by atoms with Crippen LogP contribution in [0.2, 0.25) is 0 Å². The molecule has 0 aliphatic carbocycles. The molecule has 0 saturated heterocycles. The van der Waals surface area contributed by atoms with Crippen molar-refractivity contribution in [3.63, 3.8) is 0 Å². The van der Waals surface area contributed by atoms with E-state index in [9.17, 15) is 5.11 Å². The molecule has 1 nitrogen and oxygen atoms in total. The molecule has 0 amide bonds. The predicted molar refractivity (Wildman–Crippen MR) is 53.5 cm³/mol. The molecular formula is C12H10OTi. The normalized spacial score (nSPS) is 9.14. The Morgan fingerprint density at radius 1 is 0.714 bits per heavy atom. The Morgan fingerprint density at radius 2 is 1.29 bits per heavy atom. The topological polar surface area (TPSA) is 20.2 Å². The van der Waals surface area contributed by atoms with Gasteiger partial charge in [-0.1, -0.05) is 48.5 Å². The van der Waals surface area contributed by atoms with E-state index in [0.29, 0.717) is 5.75 Å². The van der Waals surface area contributed by atoms with E-state index in [1.165, 1.54) is 0 Å². The molecular weight excluding hydrogens is 208 g/mol.